The third kappa shape index (κ3) is 4.08. The third-order valence-corrected chi connectivity index (χ3v) is 5.72. The summed E-state index contributed by atoms with van der Waals surface area (Å²) in [5.41, 5.74) is 6.62. The molecule has 7 heteroatoms. The molecule has 0 saturated carbocycles. The Labute approximate surface area is 170 Å². The van der Waals surface area contributed by atoms with Crippen LogP contribution < -0.4 is 5.73 Å². The van der Waals surface area contributed by atoms with Crippen molar-refractivity contribution in [2.45, 2.75) is 25.4 Å². The number of ketones is 1. The van der Waals surface area contributed by atoms with Crippen molar-refractivity contribution in [3.8, 4) is 6.07 Å². The van der Waals surface area contributed by atoms with E-state index in [1.807, 2.05) is 12.1 Å². The minimum Gasteiger partial charge on any atom is -0.392 e. The van der Waals surface area contributed by atoms with E-state index < -0.39 is 17.7 Å². The molecule has 2 aromatic carbocycles. The van der Waals surface area contributed by atoms with Crippen LogP contribution in [0.2, 0.25) is 0 Å². The van der Waals surface area contributed by atoms with Crippen LogP contribution >= 0.6 is 11.8 Å². The van der Waals surface area contributed by atoms with Gasteiger partial charge in [0.15, 0.2) is 5.78 Å². The Morgan fingerprint density at radius 3 is 2.45 bits per heavy atom. The summed E-state index contributed by atoms with van der Waals surface area (Å²) >= 11 is 1.10. The van der Waals surface area contributed by atoms with E-state index in [1.165, 1.54) is 12.1 Å². The molecule has 3 rings (SSSR count). The van der Waals surface area contributed by atoms with Crippen LogP contribution in [0.1, 0.15) is 36.0 Å². The SMILES string of the molecule is CCC(=O)C1=C(c2ccccc2)SC(N)=C(C#N)[C@@H]1c1cccc(C(F)(F)F)c1. The van der Waals surface area contributed by atoms with Crippen molar-refractivity contribution in [3.05, 3.63) is 87.5 Å². The second-order valence-corrected chi connectivity index (χ2v) is 7.49. The van der Waals surface area contributed by atoms with Crippen molar-refractivity contribution >= 4 is 22.5 Å². The molecule has 0 bridgehead atoms. The summed E-state index contributed by atoms with van der Waals surface area (Å²) in [5, 5.41) is 9.88. The summed E-state index contributed by atoms with van der Waals surface area (Å²) in [4.78, 5) is 13.5. The van der Waals surface area contributed by atoms with Crippen LogP contribution in [-0.4, -0.2) is 5.78 Å². The molecular formula is C22H17F3N2OS. The zero-order chi connectivity index (χ0) is 21.2. The van der Waals surface area contributed by atoms with E-state index in [0.29, 0.717) is 10.5 Å². The number of hydrogen-bond acceptors (Lipinski definition) is 4. The molecule has 1 heterocycles. The third-order valence-electron chi connectivity index (χ3n) is 4.62. The van der Waals surface area contributed by atoms with Crippen LogP contribution in [0.15, 0.2) is 70.8 Å². The quantitative estimate of drug-likeness (QED) is 0.705. The predicted octanol–water partition coefficient (Wildman–Crippen LogP) is 5.62. The first kappa shape index (κ1) is 20.7. The van der Waals surface area contributed by atoms with Gasteiger partial charge in [0.2, 0.25) is 0 Å². The number of halogens is 3. The molecule has 0 aromatic heterocycles. The number of allylic oxidation sites excluding steroid dienone is 2. The molecule has 0 spiro atoms. The molecule has 0 unspecified atom stereocenters. The van der Waals surface area contributed by atoms with Gasteiger partial charge in [-0.2, -0.15) is 18.4 Å². The van der Waals surface area contributed by atoms with Crippen molar-refractivity contribution < 1.29 is 18.0 Å². The van der Waals surface area contributed by atoms with Crippen molar-refractivity contribution in [1.82, 2.24) is 0 Å². The van der Waals surface area contributed by atoms with Gasteiger partial charge < -0.3 is 5.73 Å². The summed E-state index contributed by atoms with van der Waals surface area (Å²) in [5.74, 6) is -1.19. The standard InChI is InChI=1S/C22H17F3N2OS/c1-2-17(28)19-18(14-9-6-10-15(11-14)22(23,24)25)16(12-26)21(27)29-20(19)13-7-4-3-5-8-13/h3-11,18H,2,27H2,1H3/t18-/m0/s1. The number of rotatable bonds is 4. The summed E-state index contributed by atoms with van der Waals surface area (Å²) < 4.78 is 39.8. The highest BCUT2D eigenvalue weighted by molar-refractivity contribution is 8.11. The molecule has 0 fully saturated rings. The molecule has 148 valence electrons. The minimum absolute atomic E-state index is 0.0887. The topological polar surface area (TPSA) is 66.9 Å². The van der Waals surface area contributed by atoms with Gasteiger partial charge in [0.1, 0.15) is 0 Å². The molecule has 0 saturated heterocycles. The van der Waals surface area contributed by atoms with E-state index in [0.717, 1.165) is 29.5 Å². The number of alkyl halides is 3. The zero-order valence-electron chi connectivity index (χ0n) is 15.5. The Morgan fingerprint density at radius 1 is 1.17 bits per heavy atom. The Bertz CT molecular complexity index is 1050. The zero-order valence-corrected chi connectivity index (χ0v) is 16.3. The number of nitrogens with zero attached hydrogens (tertiary/aromatic N) is 1. The smallest absolute Gasteiger partial charge is 0.392 e. The highest BCUT2D eigenvalue weighted by atomic mass is 32.2. The van der Waals surface area contributed by atoms with E-state index in [2.05, 4.69) is 0 Å². The second-order valence-electron chi connectivity index (χ2n) is 6.43. The molecule has 3 nitrogen and oxygen atoms in total. The largest absolute Gasteiger partial charge is 0.416 e. The lowest BCUT2D eigenvalue weighted by Crippen LogP contribution is -2.21. The number of nitrogens with two attached hydrogens (primary N) is 1. The van der Waals surface area contributed by atoms with Crippen LogP contribution in [0.4, 0.5) is 13.2 Å². The Hall–Kier alpha value is -2.98. The number of Topliss-reactive ketones (excluding diaryl/α,β-unsaturated/α-hetero) is 1. The van der Waals surface area contributed by atoms with Gasteiger partial charge in [-0.15, -0.1) is 0 Å². The fourth-order valence-electron chi connectivity index (χ4n) is 3.27. The number of nitriles is 1. The van der Waals surface area contributed by atoms with Crippen LogP contribution in [0, 0.1) is 11.3 Å². The first-order valence-electron chi connectivity index (χ1n) is 8.85. The Balaban J connectivity index is 2.30. The highest BCUT2D eigenvalue weighted by Crippen LogP contribution is 2.49. The van der Waals surface area contributed by atoms with Crippen molar-refractivity contribution in [1.29, 1.82) is 5.26 Å². The minimum atomic E-state index is -4.54. The summed E-state index contributed by atoms with van der Waals surface area (Å²) in [6, 6.07) is 15.8. The second kappa shape index (κ2) is 8.18. The molecular weight excluding hydrogens is 397 g/mol. The van der Waals surface area contributed by atoms with Gasteiger partial charge in [0, 0.05) is 16.9 Å². The normalized spacial score (nSPS) is 17.3. The van der Waals surface area contributed by atoms with E-state index in [9.17, 15) is 23.2 Å². The fraction of sp³-hybridized carbons (Fsp3) is 0.182. The predicted molar refractivity (Wildman–Crippen MR) is 107 cm³/mol. The maximum absolute atomic E-state index is 13.3. The van der Waals surface area contributed by atoms with E-state index >= 15 is 0 Å². The van der Waals surface area contributed by atoms with E-state index in [-0.39, 0.29) is 28.4 Å². The monoisotopic (exact) mass is 414 g/mol. The van der Waals surface area contributed by atoms with Crippen LogP contribution in [0.5, 0.6) is 0 Å². The number of hydrogen-bond donors (Lipinski definition) is 1. The number of carbonyl (C=O) groups excluding carboxylic acids is 1. The van der Waals surface area contributed by atoms with E-state index in [4.69, 9.17) is 5.73 Å². The first-order valence-corrected chi connectivity index (χ1v) is 9.67. The van der Waals surface area contributed by atoms with Crippen LogP contribution in [-0.2, 0) is 11.0 Å². The fourth-order valence-corrected chi connectivity index (χ4v) is 4.36. The van der Waals surface area contributed by atoms with Crippen molar-refractivity contribution in [3.63, 3.8) is 0 Å². The summed E-state index contributed by atoms with van der Waals surface area (Å²) in [7, 11) is 0. The lowest BCUT2D eigenvalue weighted by Gasteiger charge is -2.29. The molecule has 0 radical (unpaired) electrons. The maximum Gasteiger partial charge on any atom is 0.416 e. The molecule has 2 aromatic rings. The van der Waals surface area contributed by atoms with Gasteiger partial charge in [-0.3, -0.25) is 4.79 Å². The van der Waals surface area contributed by atoms with Crippen LogP contribution in [0.3, 0.4) is 0 Å². The lowest BCUT2D eigenvalue weighted by atomic mass is 9.81. The summed E-state index contributed by atoms with van der Waals surface area (Å²) in [6.45, 7) is 1.68. The number of benzene rings is 2. The van der Waals surface area contributed by atoms with Gasteiger partial charge >= 0.3 is 6.18 Å². The average molecular weight is 414 g/mol. The van der Waals surface area contributed by atoms with Gasteiger partial charge in [-0.1, -0.05) is 67.2 Å². The molecule has 0 amide bonds. The Morgan fingerprint density at radius 2 is 1.86 bits per heavy atom. The summed E-state index contributed by atoms with van der Waals surface area (Å²) in [6.07, 6.45) is -4.39. The van der Waals surface area contributed by atoms with Gasteiger partial charge in [0.05, 0.1) is 28.2 Å². The average Bonchev–Trinajstić information content (AvgIpc) is 2.72. The van der Waals surface area contributed by atoms with Gasteiger partial charge in [-0.25, -0.2) is 0 Å². The molecule has 0 aliphatic carbocycles. The molecule has 1 atom stereocenters. The van der Waals surface area contributed by atoms with Crippen molar-refractivity contribution in [2.24, 2.45) is 5.73 Å². The van der Waals surface area contributed by atoms with E-state index in [1.54, 1.807) is 31.2 Å². The molecule has 1 aliphatic rings. The maximum atomic E-state index is 13.3. The molecule has 29 heavy (non-hydrogen) atoms. The van der Waals surface area contributed by atoms with Crippen molar-refractivity contribution in [2.75, 3.05) is 0 Å². The van der Waals surface area contributed by atoms with Gasteiger partial charge in [-0.05, 0) is 17.2 Å². The first-order chi connectivity index (χ1) is 13.8. The Kier molecular flexibility index (Phi) is 5.85. The molecule has 2 N–H and O–H groups in total. The van der Waals surface area contributed by atoms with Crippen LogP contribution in [0.25, 0.3) is 4.91 Å². The van der Waals surface area contributed by atoms with Gasteiger partial charge in [0.25, 0.3) is 0 Å². The lowest BCUT2D eigenvalue weighted by molar-refractivity contribution is -0.137. The highest BCUT2D eigenvalue weighted by Gasteiger charge is 2.37. The molecule has 1 aliphatic heterocycles. The number of carbonyl (C=O) groups is 1. The number of thioether (sulfide) groups is 1.